The zero-order valence-electron chi connectivity index (χ0n) is 11.1. The summed E-state index contributed by atoms with van der Waals surface area (Å²) >= 11 is 0. The van der Waals surface area contributed by atoms with Crippen LogP contribution in [0.3, 0.4) is 0 Å². The third kappa shape index (κ3) is 2.53. The zero-order valence-corrected chi connectivity index (χ0v) is 11.1. The monoisotopic (exact) mass is 261 g/mol. The van der Waals surface area contributed by atoms with Crippen LogP contribution in [-0.2, 0) is 0 Å². The van der Waals surface area contributed by atoms with Gasteiger partial charge in [0.05, 0.1) is 11.6 Å². The molecule has 2 aromatic rings. The summed E-state index contributed by atoms with van der Waals surface area (Å²) in [7, 11) is 0. The van der Waals surface area contributed by atoms with Gasteiger partial charge in [-0.25, -0.2) is 0 Å². The SMILES string of the molecule is N#Cc1ccc([C]2CC[C](c3ccc(O)cc3)C2)cc1. The van der Waals surface area contributed by atoms with Gasteiger partial charge in [0.15, 0.2) is 0 Å². The van der Waals surface area contributed by atoms with Crippen LogP contribution < -0.4 is 0 Å². The molecule has 3 rings (SSSR count). The molecule has 2 radical (unpaired) electrons. The van der Waals surface area contributed by atoms with E-state index < -0.39 is 0 Å². The molecule has 1 saturated carbocycles. The van der Waals surface area contributed by atoms with Crippen molar-refractivity contribution in [1.29, 1.82) is 5.26 Å². The first kappa shape index (κ1) is 12.7. The fraction of sp³-hybridized carbons (Fsp3) is 0.167. The van der Waals surface area contributed by atoms with E-state index >= 15 is 0 Å². The second-order valence-electron chi connectivity index (χ2n) is 5.12. The number of hydrogen-bond donors (Lipinski definition) is 1. The van der Waals surface area contributed by atoms with Gasteiger partial charge < -0.3 is 5.11 Å². The first-order valence-electron chi connectivity index (χ1n) is 6.75. The molecule has 2 aromatic carbocycles. The van der Waals surface area contributed by atoms with Crippen LogP contribution >= 0.6 is 0 Å². The van der Waals surface area contributed by atoms with Gasteiger partial charge in [-0.3, -0.25) is 0 Å². The molecule has 2 nitrogen and oxygen atoms in total. The molecule has 0 aliphatic heterocycles. The van der Waals surface area contributed by atoms with Gasteiger partial charge in [0.2, 0.25) is 0 Å². The maximum atomic E-state index is 9.34. The average Bonchev–Trinajstić information content (AvgIpc) is 2.98. The number of benzene rings is 2. The van der Waals surface area contributed by atoms with Crippen molar-refractivity contribution in [3.63, 3.8) is 0 Å². The molecule has 2 heteroatoms. The summed E-state index contributed by atoms with van der Waals surface area (Å²) < 4.78 is 0. The molecule has 0 amide bonds. The molecule has 0 spiro atoms. The third-order valence-electron chi connectivity index (χ3n) is 3.85. The highest BCUT2D eigenvalue weighted by atomic mass is 16.3. The van der Waals surface area contributed by atoms with E-state index in [1.54, 1.807) is 12.1 Å². The second kappa shape index (κ2) is 5.38. The fourth-order valence-electron chi connectivity index (χ4n) is 2.71. The molecular weight excluding hydrogens is 246 g/mol. The number of phenols is 1. The lowest BCUT2D eigenvalue weighted by atomic mass is 9.93. The molecule has 1 aliphatic carbocycles. The molecular formula is C18H15NO. The Hall–Kier alpha value is -2.27. The van der Waals surface area contributed by atoms with E-state index in [4.69, 9.17) is 5.26 Å². The summed E-state index contributed by atoms with van der Waals surface area (Å²) in [6.45, 7) is 0. The van der Waals surface area contributed by atoms with Crippen molar-refractivity contribution in [2.75, 3.05) is 0 Å². The molecule has 0 saturated heterocycles. The van der Waals surface area contributed by atoms with Crippen molar-refractivity contribution in [2.24, 2.45) is 0 Å². The zero-order chi connectivity index (χ0) is 13.9. The summed E-state index contributed by atoms with van der Waals surface area (Å²) in [6.07, 6.45) is 3.12. The van der Waals surface area contributed by atoms with Crippen molar-refractivity contribution in [2.45, 2.75) is 19.3 Å². The molecule has 0 aromatic heterocycles. The Morgan fingerprint density at radius 1 is 0.800 bits per heavy atom. The van der Waals surface area contributed by atoms with Crippen LogP contribution in [0.25, 0.3) is 0 Å². The number of rotatable bonds is 2. The highest BCUT2D eigenvalue weighted by Crippen LogP contribution is 2.42. The van der Waals surface area contributed by atoms with Crippen molar-refractivity contribution in [3.05, 3.63) is 77.1 Å². The number of phenolic OH excluding ortho intramolecular Hbond substituents is 1. The molecule has 20 heavy (non-hydrogen) atoms. The Morgan fingerprint density at radius 3 is 1.80 bits per heavy atom. The number of nitriles is 1. The Morgan fingerprint density at radius 2 is 1.30 bits per heavy atom. The Balaban J connectivity index is 1.72. The summed E-state index contributed by atoms with van der Waals surface area (Å²) in [6, 6.07) is 17.4. The lowest BCUT2D eigenvalue weighted by Gasteiger charge is -2.11. The minimum absolute atomic E-state index is 0.309. The van der Waals surface area contributed by atoms with E-state index in [1.165, 1.54) is 23.0 Å². The quantitative estimate of drug-likeness (QED) is 0.888. The normalized spacial score (nSPS) is 16.1. The van der Waals surface area contributed by atoms with Crippen LogP contribution in [-0.4, -0.2) is 5.11 Å². The minimum Gasteiger partial charge on any atom is -0.508 e. The van der Waals surface area contributed by atoms with E-state index in [0.29, 0.717) is 11.3 Å². The minimum atomic E-state index is 0.309. The van der Waals surface area contributed by atoms with Gasteiger partial charge in [0.1, 0.15) is 5.75 Å². The first-order chi connectivity index (χ1) is 9.76. The Kier molecular flexibility index (Phi) is 3.43. The largest absolute Gasteiger partial charge is 0.508 e. The van der Waals surface area contributed by atoms with E-state index in [2.05, 4.69) is 6.07 Å². The predicted octanol–water partition coefficient (Wildman–Crippen LogP) is 3.99. The Labute approximate surface area is 119 Å². The standard InChI is InChI=1S/C18H15NO/c19-12-13-1-3-14(4-2-13)16-5-6-17(11-16)15-7-9-18(20)10-8-15/h1-4,7-10,20H,5-6,11H2. The summed E-state index contributed by atoms with van der Waals surface area (Å²) in [4.78, 5) is 0. The van der Waals surface area contributed by atoms with Gasteiger partial charge in [-0.1, -0.05) is 24.3 Å². The highest BCUT2D eigenvalue weighted by molar-refractivity contribution is 5.45. The predicted molar refractivity (Wildman–Crippen MR) is 77.8 cm³/mol. The van der Waals surface area contributed by atoms with Crippen molar-refractivity contribution in [1.82, 2.24) is 0 Å². The van der Waals surface area contributed by atoms with Crippen LogP contribution in [0.1, 0.15) is 36.0 Å². The molecule has 1 fully saturated rings. The maximum Gasteiger partial charge on any atom is 0.115 e. The third-order valence-corrected chi connectivity index (χ3v) is 3.85. The summed E-state index contributed by atoms with van der Waals surface area (Å²) in [5.74, 6) is 3.16. The first-order valence-corrected chi connectivity index (χ1v) is 6.75. The molecule has 0 bridgehead atoms. The number of nitrogens with zero attached hydrogens (tertiary/aromatic N) is 1. The second-order valence-corrected chi connectivity index (χ2v) is 5.12. The van der Waals surface area contributed by atoms with Gasteiger partial charge in [0, 0.05) is 11.8 Å². The van der Waals surface area contributed by atoms with Gasteiger partial charge >= 0.3 is 0 Å². The van der Waals surface area contributed by atoms with Gasteiger partial charge in [-0.05, 0) is 54.7 Å². The topological polar surface area (TPSA) is 44.0 Å². The molecule has 98 valence electrons. The van der Waals surface area contributed by atoms with Crippen molar-refractivity contribution < 1.29 is 5.11 Å². The fourth-order valence-corrected chi connectivity index (χ4v) is 2.71. The molecule has 0 atom stereocenters. The summed E-state index contributed by atoms with van der Waals surface area (Å²) in [5, 5.41) is 18.2. The lowest BCUT2D eigenvalue weighted by molar-refractivity contribution is 0.475. The van der Waals surface area contributed by atoms with Crippen LogP contribution in [0.2, 0.25) is 0 Å². The van der Waals surface area contributed by atoms with Crippen LogP contribution in [0.15, 0.2) is 48.5 Å². The summed E-state index contributed by atoms with van der Waals surface area (Å²) in [5.41, 5.74) is 3.15. The van der Waals surface area contributed by atoms with Crippen LogP contribution in [0, 0.1) is 23.2 Å². The Bertz CT molecular complexity index is 622. The van der Waals surface area contributed by atoms with Crippen molar-refractivity contribution >= 4 is 0 Å². The van der Waals surface area contributed by atoms with Gasteiger partial charge in [-0.2, -0.15) is 5.26 Å². The number of aromatic hydroxyl groups is 1. The van der Waals surface area contributed by atoms with Gasteiger partial charge in [-0.15, -0.1) is 0 Å². The average molecular weight is 261 g/mol. The molecule has 1 N–H and O–H groups in total. The molecule has 1 aliphatic rings. The molecule has 0 heterocycles. The highest BCUT2D eigenvalue weighted by Gasteiger charge is 2.27. The van der Waals surface area contributed by atoms with Crippen molar-refractivity contribution in [3.8, 4) is 11.8 Å². The van der Waals surface area contributed by atoms with Crippen LogP contribution in [0.5, 0.6) is 5.75 Å². The lowest BCUT2D eigenvalue weighted by Crippen LogP contribution is -1.97. The van der Waals surface area contributed by atoms with Crippen LogP contribution in [0.4, 0.5) is 0 Å². The van der Waals surface area contributed by atoms with E-state index in [1.807, 2.05) is 36.4 Å². The smallest absolute Gasteiger partial charge is 0.115 e. The van der Waals surface area contributed by atoms with Gasteiger partial charge in [0.25, 0.3) is 0 Å². The van der Waals surface area contributed by atoms with E-state index in [0.717, 1.165) is 19.3 Å². The number of hydrogen-bond acceptors (Lipinski definition) is 2. The maximum absolute atomic E-state index is 9.34. The van der Waals surface area contributed by atoms with E-state index in [9.17, 15) is 5.11 Å². The van der Waals surface area contributed by atoms with E-state index in [-0.39, 0.29) is 0 Å². The molecule has 0 unspecified atom stereocenters.